The van der Waals surface area contributed by atoms with Crippen molar-refractivity contribution in [1.29, 1.82) is 0 Å². The largest absolute Gasteiger partial charge is 0.353 e. The standard InChI is InChI=1S/C23H26N10/c1-14-27-23(31-32(14)2)29-19-11-16(5-6-26-19)21-28-18-13-25-12-17(15-3-4-15)20(18)22(30-21)33-9-7-24-8-10-33/h5-6,11-13,15,24H,3-4,7-10H2,1-2H3,(H,26,29,31). The second-order valence-electron chi connectivity index (χ2n) is 8.67. The molecule has 1 saturated heterocycles. The van der Waals surface area contributed by atoms with Crippen LogP contribution in [0, 0.1) is 6.92 Å². The number of aromatic nitrogens is 7. The van der Waals surface area contributed by atoms with Crippen LogP contribution in [0.4, 0.5) is 17.6 Å². The summed E-state index contributed by atoms with van der Waals surface area (Å²) in [6.07, 6.45) is 8.04. The van der Waals surface area contributed by atoms with Crippen molar-refractivity contribution >= 4 is 28.5 Å². The second-order valence-corrected chi connectivity index (χ2v) is 8.67. The number of anilines is 3. The van der Waals surface area contributed by atoms with Gasteiger partial charge in [-0.1, -0.05) is 0 Å². The van der Waals surface area contributed by atoms with Gasteiger partial charge in [-0.25, -0.2) is 15.0 Å². The molecule has 6 rings (SSSR count). The smallest absolute Gasteiger partial charge is 0.247 e. The lowest BCUT2D eigenvalue weighted by Gasteiger charge is -2.30. The zero-order valence-electron chi connectivity index (χ0n) is 18.8. The van der Waals surface area contributed by atoms with E-state index in [2.05, 4.69) is 35.6 Å². The second kappa shape index (κ2) is 8.04. The minimum Gasteiger partial charge on any atom is -0.353 e. The molecule has 1 saturated carbocycles. The maximum Gasteiger partial charge on any atom is 0.247 e. The first-order valence-electron chi connectivity index (χ1n) is 11.4. The summed E-state index contributed by atoms with van der Waals surface area (Å²) in [6, 6.07) is 3.87. The number of hydrogen-bond acceptors (Lipinski definition) is 9. The number of nitrogens with zero attached hydrogens (tertiary/aromatic N) is 8. The maximum absolute atomic E-state index is 5.10. The molecule has 4 aromatic rings. The minimum absolute atomic E-state index is 0.513. The Bertz CT molecular complexity index is 1300. The summed E-state index contributed by atoms with van der Waals surface area (Å²) in [5.41, 5.74) is 3.06. The Labute approximate surface area is 191 Å². The monoisotopic (exact) mass is 442 g/mol. The van der Waals surface area contributed by atoms with Crippen LogP contribution in [0.2, 0.25) is 0 Å². The van der Waals surface area contributed by atoms with E-state index in [-0.39, 0.29) is 0 Å². The van der Waals surface area contributed by atoms with E-state index in [0.29, 0.717) is 23.5 Å². The zero-order chi connectivity index (χ0) is 22.4. The van der Waals surface area contributed by atoms with Crippen molar-refractivity contribution in [3.63, 3.8) is 0 Å². The SMILES string of the molecule is Cc1nc(Nc2cc(-c3nc(N4CCNCC4)c4c(C5CC5)cncc4n3)ccn2)nn1C. The van der Waals surface area contributed by atoms with Crippen LogP contribution in [-0.2, 0) is 7.05 Å². The summed E-state index contributed by atoms with van der Waals surface area (Å²) in [4.78, 5) is 25.8. The first-order chi connectivity index (χ1) is 16.2. The Morgan fingerprint density at radius 2 is 1.94 bits per heavy atom. The number of rotatable bonds is 5. The molecule has 0 spiro atoms. The Morgan fingerprint density at radius 1 is 1.09 bits per heavy atom. The van der Waals surface area contributed by atoms with Gasteiger partial charge >= 0.3 is 0 Å². The van der Waals surface area contributed by atoms with Crippen molar-refractivity contribution in [3.05, 3.63) is 42.1 Å². The lowest BCUT2D eigenvalue weighted by Crippen LogP contribution is -2.44. The molecular weight excluding hydrogens is 416 g/mol. The van der Waals surface area contributed by atoms with Crippen molar-refractivity contribution in [1.82, 2.24) is 40.0 Å². The van der Waals surface area contributed by atoms with Crippen LogP contribution < -0.4 is 15.5 Å². The third kappa shape index (κ3) is 3.86. The highest BCUT2D eigenvalue weighted by Crippen LogP contribution is 2.44. The van der Waals surface area contributed by atoms with Crippen LogP contribution in [0.1, 0.15) is 30.1 Å². The van der Waals surface area contributed by atoms with Gasteiger partial charge in [0, 0.05) is 56.6 Å². The van der Waals surface area contributed by atoms with E-state index < -0.39 is 0 Å². The van der Waals surface area contributed by atoms with Crippen molar-refractivity contribution < 1.29 is 0 Å². The van der Waals surface area contributed by atoms with Crippen molar-refractivity contribution in [2.45, 2.75) is 25.7 Å². The number of piperazine rings is 1. The molecule has 0 radical (unpaired) electrons. The number of hydrogen-bond donors (Lipinski definition) is 2. The van der Waals surface area contributed by atoms with Crippen LogP contribution in [0.5, 0.6) is 0 Å². The average Bonchev–Trinajstić information content (AvgIpc) is 3.64. The van der Waals surface area contributed by atoms with Crippen molar-refractivity contribution in [2.24, 2.45) is 7.05 Å². The number of aryl methyl sites for hydroxylation is 2. The van der Waals surface area contributed by atoms with Gasteiger partial charge in [0.05, 0.1) is 11.7 Å². The van der Waals surface area contributed by atoms with E-state index in [0.717, 1.165) is 54.3 Å². The van der Waals surface area contributed by atoms with Gasteiger partial charge in [-0.2, -0.15) is 4.98 Å². The first-order valence-corrected chi connectivity index (χ1v) is 11.4. The molecule has 10 nitrogen and oxygen atoms in total. The molecule has 1 aliphatic heterocycles. The van der Waals surface area contributed by atoms with Crippen LogP contribution in [-0.4, -0.2) is 60.9 Å². The Kier molecular flexibility index (Phi) is 4.87. The number of fused-ring (bicyclic) bond motifs is 1. The summed E-state index contributed by atoms with van der Waals surface area (Å²) >= 11 is 0. The van der Waals surface area contributed by atoms with E-state index in [1.54, 1.807) is 10.9 Å². The third-order valence-corrected chi connectivity index (χ3v) is 6.29. The van der Waals surface area contributed by atoms with Gasteiger partial charge in [-0.3, -0.25) is 9.67 Å². The van der Waals surface area contributed by atoms with E-state index in [1.165, 1.54) is 18.4 Å². The fraction of sp³-hybridized carbons (Fsp3) is 0.391. The predicted molar refractivity (Wildman–Crippen MR) is 127 cm³/mol. The molecule has 0 aromatic carbocycles. The summed E-state index contributed by atoms with van der Waals surface area (Å²) in [7, 11) is 1.86. The number of nitrogens with one attached hydrogen (secondary N) is 2. The molecule has 0 unspecified atom stereocenters. The van der Waals surface area contributed by atoms with Gasteiger partial charge in [0.2, 0.25) is 5.95 Å². The van der Waals surface area contributed by atoms with Crippen LogP contribution in [0.3, 0.4) is 0 Å². The van der Waals surface area contributed by atoms with Gasteiger partial charge in [0.25, 0.3) is 0 Å². The maximum atomic E-state index is 5.10. The fourth-order valence-corrected chi connectivity index (χ4v) is 4.30. The fourth-order valence-electron chi connectivity index (χ4n) is 4.30. The van der Waals surface area contributed by atoms with E-state index in [1.807, 2.05) is 38.5 Å². The molecule has 0 bridgehead atoms. The first kappa shape index (κ1) is 20.0. The highest BCUT2D eigenvalue weighted by Gasteiger charge is 2.29. The summed E-state index contributed by atoms with van der Waals surface area (Å²) in [6.45, 7) is 5.65. The van der Waals surface area contributed by atoms with Gasteiger partial charge in [-0.15, -0.1) is 5.10 Å². The van der Waals surface area contributed by atoms with Gasteiger partial charge in [-0.05, 0) is 43.4 Å². The molecule has 168 valence electrons. The lowest BCUT2D eigenvalue weighted by atomic mass is 10.1. The van der Waals surface area contributed by atoms with Gasteiger partial charge in [0.1, 0.15) is 17.5 Å². The molecule has 2 N–H and O–H groups in total. The molecule has 2 aliphatic rings. The van der Waals surface area contributed by atoms with Gasteiger partial charge in [0.15, 0.2) is 5.82 Å². The molecule has 4 aromatic heterocycles. The molecule has 5 heterocycles. The quantitative estimate of drug-likeness (QED) is 0.482. The van der Waals surface area contributed by atoms with E-state index in [9.17, 15) is 0 Å². The molecule has 2 fully saturated rings. The Balaban J connectivity index is 1.43. The third-order valence-electron chi connectivity index (χ3n) is 6.29. The topological polar surface area (TPSA) is 110 Å². The van der Waals surface area contributed by atoms with Crippen LogP contribution in [0.25, 0.3) is 22.3 Å². The summed E-state index contributed by atoms with van der Waals surface area (Å²) in [5.74, 6) is 4.24. The lowest BCUT2D eigenvalue weighted by molar-refractivity contribution is 0.586. The average molecular weight is 443 g/mol. The normalized spacial score (nSPS) is 16.4. The highest BCUT2D eigenvalue weighted by atomic mass is 15.4. The molecular formula is C23H26N10. The highest BCUT2D eigenvalue weighted by molar-refractivity contribution is 5.94. The van der Waals surface area contributed by atoms with E-state index >= 15 is 0 Å². The number of pyridine rings is 2. The molecule has 33 heavy (non-hydrogen) atoms. The predicted octanol–water partition coefficient (Wildman–Crippen LogP) is 2.55. The van der Waals surface area contributed by atoms with Crippen LogP contribution in [0.15, 0.2) is 30.7 Å². The van der Waals surface area contributed by atoms with Crippen molar-refractivity contribution in [3.8, 4) is 11.4 Å². The zero-order valence-corrected chi connectivity index (χ0v) is 18.8. The summed E-state index contributed by atoms with van der Waals surface area (Å²) in [5, 5.41) is 12.1. The van der Waals surface area contributed by atoms with Crippen LogP contribution >= 0.6 is 0 Å². The van der Waals surface area contributed by atoms with E-state index in [4.69, 9.17) is 9.97 Å². The molecule has 0 amide bonds. The Hall–Kier alpha value is -3.66. The van der Waals surface area contributed by atoms with Crippen molar-refractivity contribution in [2.75, 3.05) is 36.4 Å². The molecule has 10 heteroatoms. The summed E-state index contributed by atoms with van der Waals surface area (Å²) < 4.78 is 1.73. The van der Waals surface area contributed by atoms with Gasteiger partial charge < -0.3 is 15.5 Å². The minimum atomic E-state index is 0.513. The molecule has 0 atom stereocenters. The molecule has 1 aliphatic carbocycles. The Morgan fingerprint density at radius 3 is 2.70 bits per heavy atom.